The molecular formula is C14H12BrClN2O. The average molecular weight is 340 g/mol. The highest BCUT2D eigenvalue weighted by Crippen LogP contribution is 2.22. The normalized spacial score (nSPS) is 10.0. The third kappa shape index (κ3) is 3.98. The number of para-hydroxylation sites is 2. The molecule has 0 unspecified atom stereocenters. The molecule has 2 aromatic carbocycles. The maximum Gasteiger partial charge on any atom is 0.243 e. The largest absolute Gasteiger partial charge is 0.375 e. The highest BCUT2D eigenvalue weighted by Gasteiger charge is 2.05. The van der Waals surface area contributed by atoms with E-state index in [0.717, 1.165) is 15.8 Å². The number of hydrogen-bond donors (Lipinski definition) is 2. The molecule has 2 aromatic rings. The molecule has 5 heteroatoms. The van der Waals surface area contributed by atoms with Crippen LogP contribution in [0.3, 0.4) is 0 Å². The number of carbonyl (C=O) groups excluding carboxylic acids is 1. The molecule has 98 valence electrons. The third-order valence-electron chi connectivity index (χ3n) is 2.46. The van der Waals surface area contributed by atoms with Crippen LogP contribution in [-0.4, -0.2) is 12.5 Å². The summed E-state index contributed by atoms with van der Waals surface area (Å²) < 4.78 is 0.848. The first kappa shape index (κ1) is 13.9. The van der Waals surface area contributed by atoms with Crippen LogP contribution in [0.5, 0.6) is 0 Å². The first-order chi connectivity index (χ1) is 9.16. The van der Waals surface area contributed by atoms with E-state index in [4.69, 9.17) is 11.6 Å². The Labute approximate surface area is 125 Å². The molecule has 0 aromatic heterocycles. The van der Waals surface area contributed by atoms with Crippen molar-refractivity contribution in [3.63, 3.8) is 0 Å². The van der Waals surface area contributed by atoms with Gasteiger partial charge in [0.15, 0.2) is 0 Å². The molecule has 0 aliphatic heterocycles. The SMILES string of the molecule is O=C(CNc1ccccc1Cl)Nc1ccccc1Br. The predicted octanol–water partition coefficient (Wildman–Crippen LogP) is 4.15. The fraction of sp³-hybridized carbons (Fsp3) is 0.0714. The second-order valence-corrected chi connectivity index (χ2v) is 5.12. The number of amides is 1. The van der Waals surface area contributed by atoms with Gasteiger partial charge in [-0.25, -0.2) is 0 Å². The molecule has 0 saturated heterocycles. The lowest BCUT2D eigenvalue weighted by atomic mass is 10.3. The monoisotopic (exact) mass is 338 g/mol. The number of benzene rings is 2. The van der Waals surface area contributed by atoms with Gasteiger partial charge >= 0.3 is 0 Å². The summed E-state index contributed by atoms with van der Waals surface area (Å²) in [6.07, 6.45) is 0. The Morgan fingerprint density at radius 1 is 1.05 bits per heavy atom. The first-order valence-corrected chi connectivity index (χ1v) is 6.86. The van der Waals surface area contributed by atoms with Gasteiger partial charge in [-0.2, -0.15) is 0 Å². The molecule has 3 nitrogen and oxygen atoms in total. The summed E-state index contributed by atoms with van der Waals surface area (Å²) in [5.74, 6) is -0.133. The van der Waals surface area contributed by atoms with E-state index in [9.17, 15) is 4.79 Å². The minimum absolute atomic E-state index is 0.133. The van der Waals surface area contributed by atoms with Crippen molar-refractivity contribution in [3.05, 3.63) is 58.0 Å². The van der Waals surface area contributed by atoms with E-state index in [2.05, 4.69) is 26.6 Å². The van der Waals surface area contributed by atoms with E-state index in [1.165, 1.54) is 0 Å². The van der Waals surface area contributed by atoms with Crippen LogP contribution >= 0.6 is 27.5 Å². The quantitative estimate of drug-likeness (QED) is 0.878. The van der Waals surface area contributed by atoms with Gasteiger partial charge in [-0.15, -0.1) is 0 Å². The van der Waals surface area contributed by atoms with E-state index in [1.807, 2.05) is 42.5 Å². The van der Waals surface area contributed by atoms with Gasteiger partial charge in [0.1, 0.15) is 0 Å². The third-order valence-corrected chi connectivity index (χ3v) is 3.48. The second kappa shape index (κ2) is 6.59. The first-order valence-electron chi connectivity index (χ1n) is 5.69. The summed E-state index contributed by atoms with van der Waals surface area (Å²) in [6, 6.07) is 14.8. The van der Waals surface area contributed by atoms with Gasteiger partial charge < -0.3 is 10.6 Å². The maximum absolute atomic E-state index is 11.8. The second-order valence-electron chi connectivity index (χ2n) is 3.86. The van der Waals surface area contributed by atoms with Gasteiger partial charge in [-0.05, 0) is 40.2 Å². The lowest BCUT2D eigenvalue weighted by Crippen LogP contribution is -2.22. The van der Waals surface area contributed by atoms with Crippen LogP contribution in [0.4, 0.5) is 11.4 Å². The van der Waals surface area contributed by atoms with Gasteiger partial charge in [0.05, 0.1) is 22.9 Å². The Bertz CT molecular complexity index is 589. The molecule has 0 aliphatic carbocycles. The van der Waals surface area contributed by atoms with Crippen LogP contribution in [0.25, 0.3) is 0 Å². The van der Waals surface area contributed by atoms with Crippen molar-refractivity contribution in [2.24, 2.45) is 0 Å². The molecule has 0 spiro atoms. The zero-order chi connectivity index (χ0) is 13.7. The molecule has 19 heavy (non-hydrogen) atoms. The van der Waals surface area contributed by atoms with Gasteiger partial charge in [-0.3, -0.25) is 4.79 Å². The van der Waals surface area contributed by atoms with Crippen LogP contribution in [0.15, 0.2) is 53.0 Å². The molecule has 2 rings (SSSR count). The predicted molar refractivity (Wildman–Crippen MR) is 82.7 cm³/mol. The van der Waals surface area contributed by atoms with Gasteiger partial charge in [-0.1, -0.05) is 35.9 Å². The van der Waals surface area contributed by atoms with Crippen molar-refractivity contribution < 1.29 is 4.79 Å². The molecule has 2 N–H and O–H groups in total. The summed E-state index contributed by atoms with van der Waals surface area (Å²) in [5, 5.41) is 6.40. The molecule has 0 atom stereocenters. The van der Waals surface area contributed by atoms with E-state index >= 15 is 0 Å². The number of hydrogen-bond acceptors (Lipinski definition) is 2. The summed E-state index contributed by atoms with van der Waals surface area (Å²) in [4.78, 5) is 11.8. The minimum Gasteiger partial charge on any atom is -0.375 e. The number of anilines is 2. The number of rotatable bonds is 4. The van der Waals surface area contributed by atoms with Crippen molar-refractivity contribution >= 4 is 44.8 Å². The molecule has 0 bridgehead atoms. The molecule has 1 amide bonds. The van der Waals surface area contributed by atoms with Crippen molar-refractivity contribution in [2.45, 2.75) is 0 Å². The van der Waals surface area contributed by atoms with Crippen LogP contribution < -0.4 is 10.6 Å². The van der Waals surface area contributed by atoms with Crippen LogP contribution in [0, 0.1) is 0 Å². The Morgan fingerprint density at radius 2 is 1.68 bits per heavy atom. The maximum atomic E-state index is 11.8. The summed E-state index contributed by atoms with van der Waals surface area (Å²) in [7, 11) is 0. The lowest BCUT2D eigenvalue weighted by molar-refractivity contribution is -0.114. The molecule has 0 saturated carbocycles. The highest BCUT2D eigenvalue weighted by atomic mass is 79.9. The van der Waals surface area contributed by atoms with E-state index < -0.39 is 0 Å². The van der Waals surface area contributed by atoms with Crippen LogP contribution in [0.2, 0.25) is 5.02 Å². The van der Waals surface area contributed by atoms with Crippen molar-refractivity contribution in [1.29, 1.82) is 0 Å². The Kier molecular flexibility index (Phi) is 4.82. The average Bonchev–Trinajstić information content (AvgIpc) is 2.40. The van der Waals surface area contributed by atoms with Gasteiger partial charge in [0.2, 0.25) is 5.91 Å². The zero-order valence-corrected chi connectivity index (χ0v) is 12.3. The number of halogens is 2. The Balaban J connectivity index is 1.92. The van der Waals surface area contributed by atoms with Gasteiger partial charge in [0, 0.05) is 4.47 Å². The fourth-order valence-electron chi connectivity index (χ4n) is 1.54. The molecule has 0 radical (unpaired) electrons. The summed E-state index contributed by atoms with van der Waals surface area (Å²) in [6.45, 7) is 0.158. The van der Waals surface area contributed by atoms with Gasteiger partial charge in [0.25, 0.3) is 0 Å². The number of nitrogens with one attached hydrogen (secondary N) is 2. The van der Waals surface area contributed by atoms with Crippen molar-refractivity contribution in [3.8, 4) is 0 Å². The summed E-state index contributed by atoms with van der Waals surface area (Å²) >= 11 is 9.37. The van der Waals surface area contributed by atoms with E-state index in [0.29, 0.717) is 5.02 Å². The van der Waals surface area contributed by atoms with Crippen LogP contribution in [0.1, 0.15) is 0 Å². The Morgan fingerprint density at radius 3 is 2.37 bits per heavy atom. The Hall–Kier alpha value is -1.52. The van der Waals surface area contributed by atoms with Crippen molar-refractivity contribution in [2.75, 3.05) is 17.2 Å². The number of carbonyl (C=O) groups is 1. The standard InChI is InChI=1S/C14H12BrClN2O/c15-10-5-1-3-7-12(10)18-14(19)9-17-13-8-4-2-6-11(13)16/h1-8,17H,9H2,(H,18,19). The fourth-order valence-corrected chi connectivity index (χ4v) is 2.12. The summed E-state index contributed by atoms with van der Waals surface area (Å²) in [5.41, 5.74) is 1.49. The molecule has 0 heterocycles. The molecule has 0 aliphatic rings. The molecule has 0 fully saturated rings. The topological polar surface area (TPSA) is 41.1 Å². The lowest BCUT2D eigenvalue weighted by Gasteiger charge is -2.09. The smallest absolute Gasteiger partial charge is 0.243 e. The molecular weight excluding hydrogens is 328 g/mol. The van der Waals surface area contributed by atoms with Crippen LogP contribution in [-0.2, 0) is 4.79 Å². The van der Waals surface area contributed by atoms with E-state index in [-0.39, 0.29) is 12.5 Å². The minimum atomic E-state index is -0.133. The highest BCUT2D eigenvalue weighted by molar-refractivity contribution is 9.10. The van der Waals surface area contributed by atoms with Crippen molar-refractivity contribution in [1.82, 2.24) is 0 Å². The zero-order valence-electron chi connectivity index (χ0n) is 9.99. The van der Waals surface area contributed by atoms with E-state index in [1.54, 1.807) is 6.07 Å².